The molecule has 0 aliphatic carbocycles. The maximum atomic E-state index is 12.7. The van der Waals surface area contributed by atoms with E-state index in [9.17, 15) is 35.9 Å². The Bertz CT molecular complexity index is 1490. The number of alkyl halides is 6. The number of nitrogens with zero attached hydrogens (tertiary/aromatic N) is 2. The maximum absolute atomic E-state index is 12.7. The van der Waals surface area contributed by atoms with Crippen molar-refractivity contribution in [3.8, 4) is 5.75 Å². The van der Waals surface area contributed by atoms with Crippen LogP contribution in [0.4, 0.5) is 31.1 Å². The van der Waals surface area contributed by atoms with E-state index in [1.807, 2.05) is 80.5 Å². The number of imide groups is 1. The monoisotopic (exact) mass is 632 g/mol. The first-order valence-corrected chi connectivity index (χ1v) is 12.2. The Labute approximate surface area is 245 Å². The zero-order chi connectivity index (χ0) is 33.5. The van der Waals surface area contributed by atoms with Crippen molar-refractivity contribution in [1.82, 2.24) is 20.5 Å². The molecule has 2 aromatic carbocycles. The van der Waals surface area contributed by atoms with Gasteiger partial charge in [-0.2, -0.15) is 26.3 Å². The molecule has 1 aromatic heterocycles. The summed E-state index contributed by atoms with van der Waals surface area (Å²) in [4.78, 5) is 48.4. The van der Waals surface area contributed by atoms with Crippen molar-refractivity contribution in [3.05, 3.63) is 71.4 Å². The minimum Gasteiger partial charge on any atom is -0.489 e. The van der Waals surface area contributed by atoms with Gasteiger partial charge in [0.05, 0.1) is 12.1 Å². The number of urea groups is 1. The number of carboxylic acid groups (broad SMARTS) is 2. The summed E-state index contributed by atoms with van der Waals surface area (Å²) in [6.45, 7) is 2.59. The van der Waals surface area contributed by atoms with Gasteiger partial charge in [0.15, 0.2) is 0 Å². The van der Waals surface area contributed by atoms with E-state index in [4.69, 9.17) is 24.5 Å². The van der Waals surface area contributed by atoms with Crippen LogP contribution in [0.25, 0.3) is 10.9 Å². The number of para-hydroxylation sites is 1. The highest BCUT2D eigenvalue weighted by Crippen LogP contribution is 2.30. The summed E-state index contributed by atoms with van der Waals surface area (Å²) in [5.41, 5.74) is 2.78. The van der Waals surface area contributed by atoms with Gasteiger partial charge >= 0.3 is 30.3 Å². The topological polar surface area (TPSA) is 158 Å². The van der Waals surface area contributed by atoms with Crippen molar-refractivity contribution in [2.75, 3.05) is 20.6 Å². The molecule has 1 saturated heterocycles. The number of benzene rings is 2. The molecule has 0 radical (unpaired) electrons. The Morgan fingerprint density at radius 3 is 1.95 bits per heavy atom. The maximum Gasteiger partial charge on any atom is 0.490 e. The van der Waals surface area contributed by atoms with Crippen molar-refractivity contribution >= 4 is 34.8 Å². The summed E-state index contributed by atoms with van der Waals surface area (Å²) in [5.74, 6) is -5.16. The lowest BCUT2D eigenvalue weighted by Gasteiger charge is -2.41. The molecule has 0 bridgehead atoms. The van der Waals surface area contributed by atoms with Crippen LogP contribution in [0.15, 0.2) is 54.6 Å². The van der Waals surface area contributed by atoms with Gasteiger partial charge in [-0.1, -0.05) is 30.3 Å². The number of carbonyl (C=O) groups is 4. The molecule has 1 atom stereocenters. The first-order chi connectivity index (χ1) is 20.3. The Hall–Kier alpha value is -4.93. The largest absolute Gasteiger partial charge is 0.490 e. The molecule has 11 nitrogen and oxygen atoms in total. The number of ether oxygens (including phenoxy) is 1. The van der Waals surface area contributed by atoms with Crippen molar-refractivity contribution < 1.29 is 60.5 Å². The van der Waals surface area contributed by atoms with Gasteiger partial charge in [0.1, 0.15) is 17.9 Å². The molecule has 44 heavy (non-hydrogen) atoms. The Morgan fingerprint density at radius 1 is 0.955 bits per heavy atom. The molecule has 17 heteroatoms. The van der Waals surface area contributed by atoms with Gasteiger partial charge in [-0.25, -0.2) is 14.4 Å². The molecule has 3 aromatic rings. The minimum absolute atomic E-state index is 0.202. The average Bonchev–Trinajstić information content (AvgIpc) is 2.91. The van der Waals surface area contributed by atoms with E-state index in [1.54, 1.807) is 0 Å². The van der Waals surface area contributed by atoms with Crippen molar-refractivity contribution in [3.63, 3.8) is 0 Å². The highest BCUT2D eigenvalue weighted by atomic mass is 19.4. The number of fused-ring (bicyclic) bond motifs is 1. The van der Waals surface area contributed by atoms with Crippen LogP contribution in [0.1, 0.15) is 16.8 Å². The first kappa shape index (κ1) is 35.3. The molecule has 4 N–H and O–H groups in total. The van der Waals surface area contributed by atoms with Gasteiger partial charge < -0.3 is 20.3 Å². The van der Waals surface area contributed by atoms with Crippen LogP contribution < -0.4 is 15.4 Å². The number of aliphatic carboxylic acids is 2. The molecule has 0 spiro atoms. The number of carboxylic acids is 2. The summed E-state index contributed by atoms with van der Waals surface area (Å²) in [6.07, 6.45) is -10.2. The number of amides is 3. The smallest absolute Gasteiger partial charge is 0.489 e. The second-order valence-corrected chi connectivity index (χ2v) is 9.25. The Morgan fingerprint density at radius 2 is 1.48 bits per heavy atom. The molecule has 1 aliphatic heterocycles. The van der Waals surface area contributed by atoms with Gasteiger partial charge in [-0.3, -0.25) is 20.0 Å². The van der Waals surface area contributed by atoms with E-state index in [1.165, 1.54) is 0 Å². The molecule has 1 aliphatic rings. The van der Waals surface area contributed by atoms with E-state index in [0.29, 0.717) is 12.4 Å². The standard InChI is InChI=1S/C23H24N4O3.2C2HF3O2/c1-15-12-16(19-6-4-5-7-20(19)25-15)13-30-18-10-8-17(9-11-18)23(27(2)3)14-24-22(29)26-21(23)28;2*3-2(4,5)1(6)7/h4-12H,13-14H2,1-3H3,(H2,24,26,28,29);2*(H,6,7)/t23-;;/m1../s1. The average molecular weight is 633 g/mol. The summed E-state index contributed by atoms with van der Waals surface area (Å²) >= 11 is 0. The number of likely N-dealkylation sites (N-methyl/N-ethyl adjacent to an activating group) is 1. The molecule has 1 fully saturated rings. The fourth-order valence-corrected chi connectivity index (χ4v) is 3.89. The normalized spacial score (nSPS) is 16.5. The Balaban J connectivity index is 0.000000402. The highest BCUT2D eigenvalue weighted by Gasteiger charge is 2.46. The molecule has 238 valence electrons. The Kier molecular flexibility index (Phi) is 11.2. The quantitative estimate of drug-likeness (QED) is 0.305. The van der Waals surface area contributed by atoms with Crippen LogP contribution >= 0.6 is 0 Å². The fraction of sp³-hybridized carbons (Fsp3) is 0.296. The van der Waals surface area contributed by atoms with E-state index >= 15 is 0 Å². The van der Waals surface area contributed by atoms with Gasteiger partial charge in [0.2, 0.25) is 0 Å². The van der Waals surface area contributed by atoms with Gasteiger partial charge in [0, 0.05) is 16.6 Å². The minimum atomic E-state index is -5.08. The van der Waals surface area contributed by atoms with Crippen molar-refractivity contribution in [2.24, 2.45) is 0 Å². The van der Waals surface area contributed by atoms with Crippen molar-refractivity contribution in [1.29, 1.82) is 0 Å². The van der Waals surface area contributed by atoms with Crippen LogP contribution in [0.3, 0.4) is 0 Å². The number of nitrogens with one attached hydrogen (secondary N) is 2. The lowest BCUT2D eigenvalue weighted by atomic mass is 9.86. The van der Waals surface area contributed by atoms with Crippen LogP contribution in [0.5, 0.6) is 5.75 Å². The predicted octanol–water partition coefficient (Wildman–Crippen LogP) is 3.99. The third kappa shape index (κ3) is 9.03. The number of carbonyl (C=O) groups excluding carboxylic acids is 2. The number of aryl methyl sites for hydroxylation is 1. The summed E-state index contributed by atoms with van der Waals surface area (Å²) in [5, 5.41) is 20.4. The lowest BCUT2D eigenvalue weighted by molar-refractivity contribution is -0.193. The van der Waals surface area contributed by atoms with Gasteiger partial charge in [-0.05, 0) is 50.8 Å². The van der Waals surface area contributed by atoms with E-state index in [0.717, 1.165) is 27.7 Å². The van der Waals surface area contributed by atoms with Crippen molar-refractivity contribution in [2.45, 2.75) is 31.4 Å². The molecule has 2 heterocycles. The summed E-state index contributed by atoms with van der Waals surface area (Å²) < 4.78 is 69.5. The second-order valence-electron chi connectivity index (χ2n) is 9.25. The van der Waals surface area contributed by atoms with Gasteiger partial charge in [-0.15, -0.1) is 0 Å². The second kappa shape index (κ2) is 14.0. The lowest BCUT2D eigenvalue weighted by Crippen LogP contribution is -2.66. The highest BCUT2D eigenvalue weighted by molar-refractivity contribution is 6.02. The third-order valence-electron chi connectivity index (χ3n) is 6.01. The van der Waals surface area contributed by atoms with Crippen LogP contribution in [0.2, 0.25) is 0 Å². The van der Waals surface area contributed by atoms with E-state index < -0.39 is 35.9 Å². The van der Waals surface area contributed by atoms with Crippen LogP contribution in [0, 0.1) is 6.92 Å². The predicted molar refractivity (Wildman–Crippen MR) is 142 cm³/mol. The zero-order valence-corrected chi connectivity index (χ0v) is 23.2. The van der Waals surface area contributed by atoms with E-state index in [-0.39, 0.29) is 12.5 Å². The number of halogens is 6. The SMILES string of the molecule is Cc1cc(COc2ccc([C@]3(N(C)C)CNC(=O)NC3=O)cc2)c2ccccc2n1.O=C(O)C(F)(F)F.O=C(O)C(F)(F)F. The van der Waals surface area contributed by atoms with Crippen LogP contribution in [-0.2, 0) is 26.5 Å². The van der Waals surface area contributed by atoms with Crippen LogP contribution in [-0.4, -0.2) is 77.0 Å². The summed E-state index contributed by atoms with van der Waals surface area (Å²) in [6, 6.07) is 17.0. The molecule has 0 saturated carbocycles. The molecule has 3 amide bonds. The molecular weight excluding hydrogens is 606 g/mol. The summed E-state index contributed by atoms with van der Waals surface area (Å²) in [7, 11) is 3.64. The zero-order valence-electron chi connectivity index (χ0n) is 23.2. The molecular formula is C27H26F6N4O7. The number of pyridine rings is 1. The molecule has 4 rings (SSSR count). The number of rotatable bonds is 5. The molecule has 0 unspecified atom stereocenters. The van der Waals surface area contributed by atoms with E-state index in [2.05, 4.69) is 15.6 Å². The number of hydrogen-bond acceptors (Lipinski definition) is 7. The number of hydrogen-bond donors (Lipinski definition) is 4. The fourth-order valence-electron chi connectivity index (χ4n) is 3.89. The number of aromatic nitrogens is 1. The van der Waals surface area contributed by atoms with Gasteiger partial charge in [0.25, 0.3) is 5.91 Å². The first-order valence-electron chi connectivity index (χ1n) is 12.2. The third-order valence-corrected chi connectivity index (χ3v) is 6.01.